The summed E-state index contributed by atoms with van der Waals surface area (Å²) in [5, 5.41) is 9.29. The van der Waals surface area contributed by atoms with Gasteiger partial charge in [-0.25, -0.2) is 0 Å². The van der Waals surface area contributed by atoms with Gasteiger partial charge in [-0.1, -0.05) is 6.07 Å². The Balaban J connectivity index is 1.96. The third kappa shape index (κ3) is 1.99. The summed E-state index contributed by atoms with van der Waals surface area (Å²) in [6.45, 7) is 2.64. The van der Waals surface area contributed by atoms with Crippen molar-refractivity contribution in [2.24, 2.45) is 0 Å². The predicted octanol–water partition coefficient (Wildman–Crippen LogP) is 2.49. The number of amides is 1. The van der Waals surface area contributed by atoms with Crippen LogP contribution >= 0.6 is 0 Å². The van der Waals surface area contributed by atoms with Crippen molar-refractivity contribution in [1.29, 1.82) is 0 Å². The average Bonchev–Trinajstić information content (AvgIpc) is 2.82. The third-order valence-corrected chi connectivity index (χ3v) is 3.72. The molecule has 0 radical (unpaired) electrons. The highest BCUT2D eigenvalue weighted by Gasteiger charge is 2.26. The second-order valence-corrected chi connectivity index (χ2v) is 5.09. The summed E-state index contributed by atoms with van der Waals surface area (Å²) < 4.78 is 0. The van der Waals surface area contributed by atoms with Gasteiger partial charge in [0.15, 0.2) is 0 Å². The number of anilines is 2. The Morgan fingerprint density at radius 3 is 2.65 bits per heavy atom. The zero-order chi connectivity index (χ0) is 14.3. The topological polar surface area (TPSA) is 66.6 Å². The lowest BCUT2D eigenvalue weighted by Gasteiger charge is -2.18. The number of phenols is 1. The van der Waals surface area contributed by atoms with Crippen molar-refractivity contribution in [3.63, 3.8) is 0 Å². The fourth-order valence-corrected chi connectivity index (χ4v) is 2.55. The smallest absolute Gasteiger partial charge is 0.258 e. The number of aryl methyl sites for hydroxylation is 1. The Kier molecular flexibility index (Phi) is 2.86. The third-order valence-electron chi connectivity index (χ3n) is 3.72. The molecule has 0 aromatic heterocycles. The Morgan fingerprint density at radius 1 is 1.25 bits per heavy atom. The van der Waals surface area contributed by atoms with E-state index in [0.717, 1.165) is 23.2 Å². The first-order valence-electron chi connectivity index (χ1n) is 6.56. The van der Waals surface area contributed by atoms with Crippen molar-refractivity contribution in [2.45, 2.75) is 13.3 Å². The summed E-state index contributed by atoms with van der Waals surface area (Å²) in [7, 11) is 0. The molecular formula is C16H16N2O2. The summed E-state index contributed by atoms with van der Waals surface area (Å²) in [6, 6.07) is 10.2. The molecule has 20 heavy (non-hydrogen) atoms. The van der Waals surface area contributed by atoms with Gasteiger partial charge in [0, 0.05) is 23.5 Å². The molecule has 3 rings (SSSR count). The molecule has 1 aliphatic rings. The Morgan fingerprint density at radius 2 is 1.95 bits per heavy atom. The lowest BCUT2D eigenvalue weighted by Crippen LogP contribution is -2.28. The molecule has 0 fully saturated rings. The molecule has 2 aromatic carbocycles. The van der Waals surface area contributed by atoms with Crippen LogP contribution in [0.4, 0.5) is 11.4 Å². The molecule has 1 aliphatic heterocycles. The number of benzene rings is 2. The van der Waals surface area contributed by atoms with Gasteiger partial charge in [0.1, 0.15) is 5.75 Å². The van der Waals surface area contributed by atoms with E-state index in [-0.39, 0.29) is 11.7 Å². The van der Waals surface area contributed by atoms with E-state index < -0.39 is 0 Å². The first-order chi connectivity index (χ1) is 9.56. The number of fused-ring (bicyclic) bond motifs is 1. The van der Waals surface area contributed by atoms with Gasteiger partial charge in [-0.2, -0.15) is 0 Å². The van der Waals surface area contributed by atoms with Gasteiger partial charge in [0.25, 0.3) is 5.91 Å². The highest BCUT2D eigenvalue weighted by molar-refractivity contribution is 6.07. The molecule has 0 spiro atoms. The molecule has 0 bridgehead atoms. The van der Waals surface area contributed by atoms with Crippen LogP contribution in [0.1, 0.15) is 21.5 Å². The van der Waals surface area contributed by atoms with E-state index in [9.17, 15) is 9.90 Å². The summed E-state index contributed by atoms with van der Waals surface area (Å²) in [5.74, 6) is 0.0928. The molecule has 4 nitrogen and oxygen atoms in total. The number of carbonyl (C=O) groups excluding carboxylic acids is 1. The van der Waals surface area contributed by atoms with Crippen LogP contribution in [-0.2, 0) is 6.42 Å². The molecule has 2 aromatic rings. The van der Waals surface area contributed by atoms with E-state index in [2.05, 4.69) is 6.07 Å². The van der Waals surface area contributed by atoms with Crippen LogP contribution in [-0.4, -0.2) is 17.6 Å². The summed E-state index contributed by atoms with van der Waals surface area (Å²) >= 11 is 0. The summed E-state index contributed by atoms with van der Waals surface area (Å²) in [5.41, 5.74) is 10.3. The Hall–Kier alpha value is -2.49. The van der Waals surface area contributed by atoms with Gasteiger partial charge in [0.2, 0.25) is 0 Å². The second kappa shape index (κ2) is 4.56. The summed E-state index contributed by atoms with van der Waals surface area (Å²) in [6.07, 6.45) is 0.847. The van der Waals surface area contributed by atoms with Gasteiger partial charge in [0.05, 0.1) is 0 Å². The minimum atomic E-state index is -0.0630. The highest BCUT2D eigenvalue weighted by atomic mass is 16.3. The van der Waals surface area contributed by atoms with Crippen LogP contribution in [0, 0.1) is 6.92 Å². The van der Waals surface area contributed by atoms with Crippen molar-refractivity contribution in [3.05, 3.63) is 53.1 Å². The number of nitrogen functional groups attached to an aromatic ring is 1. The van der Waals surface area contributed by atoms with Crippen LogP contribution in [0.3, 0.4) is 0 Å². The van der Waals surface area contributed by atoms with Crippen LogP contribution < -0.4 is 10.6 Å². The minimum Gasteiger partial charge on any atom is -0.508 e. The van der Waals surface area contributed by atoms with Gasteiger partial charge in [-0.15, -0.1) is 0 Å². The molecule has 0 aliphatic carbocycles. The number of nitrogens with two attached hydrogens (primary N) is 1. The van der Waals surface area contributed by atoms with Gasteiger partial charge in [-0.05, 0) is 54.8 Å². The van der Waals surface area contributed by atoms with Crippen LogP contribution in [0.25, 0.3) is 0 Å². The van der Waals surface area contributed by atoms with E-state index in [4.69, 9.17) is 5.73 Å². The lowest BCUT2D eigenvalue weighted by molar-refractivity contribution is 0.0989. The van der Waals surface area contributed by atoms with Crippen molar-refractivity contribution < 1.29 is 9.90 Å². The van der Waals surface area contributed by atoms with E-state index in [0.29, 0.717) is 17.8 Å². The quantitative estimate of drug-likeness (QED) is 0.781. The predicted molar refractivity (Wildman–Crippen MR) is 79.1 cm³/mol. The molecule has 3 N–H and O–H groups in total. The first kappa shape index (κ1) is 12.5. The average molecular weight is 268 g/mol. The number of nitrogens with zero attached hydrogens (tertiary/aromatic N) is 1. The largest absolute Gasteiger partial charge is 0.508 e. The second-order valence-electron chi connectivity index (χ2n) is 5.09. The molecule has 1 amide bonds. The Bertz CT molecular complexity index is 678. The maximum absolute atomic E-state index is 12.5. The molecule has 0 saturated heterocycles. The van der Waals surface area contributed by atoms with E-state index in [1.165, 1.54) is 12.1 Å². The fraction of sp³-hybridized carbons (Fsp3) is 0.188. The van der Waals surface area contributed by atoms with Crippen LogP contribution in [0.5, 0.6) is 5.75 Å². The fourth-order valence-electron chi connectivity index (χ4n) is 2.55. The van der Waals surface area contributed by atoms with E-state index in [1.54, 1.807) is 17.0 Å². The molecule has 102 valence electrons. The van der Waals surface area contributed by atoms with Crippen molar-refractivity contribution in [3.8, 4) is 5.75 Å². The zero-order valence-electron chi connectivity index (χ0n) is 11.3. The molecule has 0 atom stereocenters. The van der Waals surface area contributed by atoms with Crippen LogP contribution in [0.15, 0.2) is 36.4 Å². The number of phenolic OH excluding ortho intramolecular Hbond substituents is 1. The van der Waals surface area contributed by atoms with Crippen molar-refractivity contribution in [1.82, 2.24) is 0 Å². The molecule has 4 heteroatoms. The first-order valence-corrected chi connectivity index (χ1v) is 6.56. The molecule has 0 saturated carbocycles. The van der Waals surface area contributed by atoms with E-state index >= 15 is 0 Å². The minimum absolute atomic E-state index is 0.0630. The van der Waals surface area contributed by atoms with Crippen LogP contribution in [0.2, 0.25) is 0 Å². The number of hydrogen-bond donors (Lipinski definition) is 2. The standard InChI is InChI=1S/C16H16N2O2/c1-10-8-12-6-7-18(15(12)9-14(10)17)16(20)11-2-4-13(19)5-3-11/h2-5,8-9,19H,6-7,17H2,1H3. The maximum atomic E-state index is 12.5. The number of aromatic hydroxyl groups is 1. The van der Waals surface area contributed by atoms with Gasteiger partial charge < -0.3 is 15.7 Å². The van der Waals surface area contributed by atoms with Gasteiger partial charge >= 0.3 is 0 Å². The number of carbonyl (C=O) groups is 1. The number of hydrogen-bond acceptors (Lipinski definition) is 3. The number of rotatable bonds is 1. The van der Waals surface area contributed by atoms with Crippen molar-refractivity contribution in [2.75, 3.05) is 17.2 Å². The monoisotopic (exact) mass is 268 g/mol. The van der Waals surface area contributed by atoms with Crippen molar-refractivity contribution >= 4 is 17.3 Å². The van der Waals surface area contributed by atoms with E-state index in [1.807, 2.05) is 13.0 Å². The SMILES string of the molecule is Cc1cc2c(cc1N)N(C(=O)c1ccc(O)cc1)CC2. The highest BCUT2D eigenvalue weighted by Crippen LogP contribution is 2.33. The Labute approximate surface area is 117 Å². The zero-order valence-corrected chi connectivity index (χ0v) is 11.3. The molecular weight excluding hydrogens is 252 g/mol. The lowest BCUT2D eigenvalue weighted by atomic mass is 10.1. The molecule has 0 unspecified atom stereocenters. The normalized spacial score (nSPS) is 13.3. The summed E-state index contributed by atoms with van der Waals surface area (Å²) in [4.78, 5) is 14.3. The van der Waals surface area contributed by atoms with Gasteiger partial charge in [-0.3, -0.25) is 4.79 Å². The molecule has 1 heterocycles. The maximum Gasteiger partial charge on any atom is 0.258 e.